The number of halogens is 1. The second-order valence-electron chi connectivity index (χ2n) is 8.40. The largest absolute Gasteiger partial charge is 0.349 e. The van der Waals surface area contributed by atoms with E-state index in [-0.39, 0.29) is 5.91 Å². The minimum Gasteiger partial charge on any atom is -0.349 e. The molecule has 0 aliphatic carbocycles. The molecule has 0 spiro atoms. The number of benzene rings is 2. The number of thiocarbonyl (C=S) groups is 1. The molecule has 1 amide bonds. The van der Waals surface area contributed by atoms with Crippen LogP contribution in [0.3, 0.4) is 0 Å². The zero-order valence-electron chi connectivity index (χ0n) is 18.6. The summed E-state index contributed by atoms with van der Waals surface area (Å²) in [6.07, 6.45) is 1.24. The SMILES string of the molecule is CN1CCC(N(C)C(=S)NC2N=C(c3ccccc3)c3cc(Cl)ccc3N(C)C2=O)CC1. The summed E-state index contributed by atoms with van der Waals surface area (Å²) in [7, 11) is 5.89. The van der Waals surface area contributed by atoms with Gasteiger partial charge in [-0.2, -0.15) is 0 Å². The molecule has 168 valence electrons. The second-order valence-corrected chi connectivity index (χ2v) is 9.22. The monoisotopic (exact) mass is 469 g/mol. The fourth-order valence-electron chi connectivity index (χ4n) is 4.23. The zero-order valence-corrected chi connectivity index (χ0v) is 20.2. The van der Waals surface area contributed by atoms with Crippen LogP contribution in [0, 0.1) is 0 Å². The molecule has 1 N–H and O–H groups in total. The summed E-state index contributed by atoms with van der Waals surface area (Å²) in [6, 6.07) is 15.7. The summed E-state index contributed by atoms with van der Waals surface area (Å²) in [5.41, 5.74) is 3.21. The summed E-state index contributed by atoms with van der Waals surface area (Å²) in [5.74, 6) is -0.168. The predicted molar refractivity (Wildman–Crippen MR) is 135 cm³/mol. The lowest BCUT2D eigenvalue weighted by atomic mass is 10.0. The van der Waals surface area contributed by atoms with Gasteiger partial charge >= 0.3 is 0 Å². The van der Waals surface area contributed by atoms with Gasteiger partial charge in [0.05, 0.1) is 11.4 Å². The van der Waals surface area contributed by atoms with Crippen molar-refractivity contribution >= 4 is 46.2 Å². The van der Waals surface area contributed by atoms with E-state index in [1.807, 2.05) is 49.5 Å². The van der Waals surface area contributed by atoms with Crippen molar-refractivity contribution in [1.29, 1.82) is 0 Å². The highest BCUT2D eigenvalue weighted by Gasteiger charge is 2.32. The number of piperidine rings is 1. The van der Waals surface area contributed by atoms with E-state index in [1.54, 1.807) is 18.0 Å². The molecule has 1 unspecified atom stereocenters. The quantitative estimate of drug-likeness (QED) is 0.698. The summed E-state index contributed by atoms with van der Waals surface area (Å²) in [6.45, 7) is 2.07. The minimum absolute atomic E-state index is 0.168. The van der Waals surface area contributed by atoms with E-state index in [0.717, 1.165) is 42.7 Å². The molecule has 1 atom stereocenters. The number of benzodiazepines with no additional fused rings is 1. The van der Waals surface area contributed by atoms with Gasteiger partial charge in [-0.3, -0.25) is 4.79 Å². The number of hydrogen-bond donors (Lipinski definition) is 1. The van der Waals surface area contributed by atoms with Crippen molar-refractivity contribution in [3.8, 4) is 0 Å². The minimum atomic E-state index is -0.831. The topological polar surface area (TPSA) is 51.2 Å². The molecule has 0 bridgehead atoms. The van der Waals surface area contributed by atoms with Crippen molar-refractivity contribution in [2.24, 2.45) is 4.99 Å². The Morgan fingerprint density at radius 2 is 1.84 bits per heavy atom. The van der Waals surface area contributed by atoms with Gasteiger partial charge in [-0.1, -0.05) is 41.9 Å². The summed E-state index contributed by atoms with van der Waals surface area (Å²) in [5, 5.41) is 4.36. The van der Waals surface area contributed by atoms with Crippen LogP contribution in [0.2, 0.25) is 5.02 Å². The number of rotatable bonds is 3. The molecule has 32 heavy (non-hydrogen) atoms. The molecule has 2 aromatic carbocycles. The Kier molecular flexibility index (Phi) is 6.79. The Morgan fingerprint density at radius 1 is 1.16 bits per heavy atom. The first-order chi connectivity index (χ1) is 15.3. The number of nitrogens with zero attached hydrogens (tertiary/aromatic N) is 4. The fraction of sp³-hybridized carbons (Fsp3) is 0.375. The highest BCUT2D eigenvalue weighted by molar-refractivity contribution is 7.80. The fourth-order valence-corrected chi connectivity index (χ4v) is 4.67. The van der Waals surface area contributed by atoms with Gasteiger partial charge in [0.25, 0.3) is 5.91 Å². The molecule has 0 radical (unpaired) electrons. The van der Waals surface area contributed by atoms with Gasteiger partial charge in [0.15, 0.2) is 5.11 Å². The third-order valence-electron chi connectivity index (χ3n) is 6.26. The molecule has 2 aromatic rings. The summed E-state index contributed by atoms with van der Waals surface area (Å²) in [4.78, 5) is 24.3. The first-order valence-corrected chi connectivity index (χ1v) is 11.6. The molecule has 2 aliphatic heterocycles. The number of carbonyl (C=O) groups excluding carboxylic acids is 1. The van der Waals surface area contributed by atoms with E-state index in [2.05, 4.69) is 22.2 Å². The molecular weight excluding hydrogens is 442 g/mol. The lowest BCUT2D eigenvalue weighted by Crippen LogP contribution is -2.53. The second kappa shape index (κ2) is 9.57. The van der Waals surface area contributed by atoms with E-state index in [0.29, 0.717) is 21.9 Å². The van der Waals surface area contributed by atoms with Crippen LogP contribution in [0.1, 0.15) is 24.0 Å². The molecule has 4 rings (SSSR count). The number of anilines is 1. The van der Waals surface area contributed by atoms with Gasteiger partial charge in [0, 0.05) is 36.3 Å². The number of amides is 1. The van der Waals surface area contributed by atoms with Crippen molar-refractivity contribution in [3.05, 3.63) is 64.7 Å². The lowest BCUT2D eigenvalue weighted by molar-refractivity contribution is -0.119. The zero-order chi connectivity index (χ0) is 22.8. The van der Waals surface area contributed by atoms with Crippen molar-refractivity contribution in [3.63, 3.8) is 0 Å². The normalized spacial score (nSPS) is 19.8. The van der Waals surface area contributed by atoms with E-state index in [9.17, 15) is 4.79 Å². The standard InChI is InChI=1S/C24H28ClN5OS/c1-28-13-11-18(12-14-28)29(2)24(32)27-22-23(31)30(3)20-10-9-17(25)15-19(20)21(26-22)16-7-5-4-6-8-16/h4-10,15,18,22H,11-14H2,1-3H3,(H,27,32). The third-order valence-corrected chi connectivity index (χ3v) is 6.90. The molecule has 8 heteroatoms. The third kappa shape index (κ3) is 4.65. The maximum absolute atomic E-state index is 13.4. The van der Waals surface area contributed by atoms with Crippen LogP contribution in [0.15, 0.2) is 53.5 Å². The van der Waals surface area contributed by atoms with Gasteiger partial charge in [0.2, 0.25) is 6.17 Å². The number of fused-ring (bicyclic) bond motifs is 1. The van der Waals surface area contributed by atoms with Crippen molar-refractivity contribution in [1.82, 2.24) is 15.1 Å². The Labute approximate surface area is 199 Å². The lowest BCUT2D eigenvalue weighted by Gasteiger charge is -2.37. The molecule has 2 heterocycles. The average Bonchev–Trinajstić information content (AvgIpc) is 2.90. The highest BCUT2D eigenvalue weighted by atomic mass is 35.5. The smallest absolute Gasteiger partial charge is 0.272 e. The molecule has 0 saturated carbocycles. The summed E-state index contributed by atoms with van der Waals surface area (Å²) >= 11 is 12.0. The Bertz CT molecular complexity index is 1040. The van der Waals surface area contributed by atoms with Crippen molar-refractivity contribution < 1.29 is 4.79 Å². The van der Waals surface area contributed by atoms with Crippen molar-refractivity contribution in [2.45, 2.75) is 25.0 Å². The number of likely N-dealkylation sites (N-methyl/N-ethyl adjacent to an activating group) is 1. The summed E-state index contributed by atoms with van der Waals surface area (Å²) < 4.78 is 0. The number of carbonyl (C=O) groups is 1. The molecule has 6 nitrogen and oxygen atoms in total. The molecule has 0 aromatic heterocycles. The van der Waals surface area contributed by atoms with Crippen LogP contribution in [0.5, 0.6) is 0 Å². The average molecular weight is 470 g/mol. The molecule has 1 saturated heterocycles. The van der Waals surface area contributed by atoms with Gasteiger partial charge in [-0.15, -0.1) is 0 Å². The molecule has 1 fully saturated rings. The van der Waals surface area contributed by atoms with Gasteiger partial charge < -0.3 is 20.0 Å². The number of nitrogens with one attached hydrogen (secondary N) is 1. The van der Waals surface area contributed by atoms with Crippen LogP contribution in [-0.4, -0.2) is 73.0 Å². The first kappa shape index (κ1) is 22.7. The van der Waals surface area contributed by atoms with Crippen LogP contribution < -0.4 is 10.2 Å². The van der Waals surface area contributed by atoms with Gasteiger partial charge in [0.1, 0.15) is 0 Å². The van der Waals surface area contributed by atoms with E-state index in [4.69, 9.17) is 28.8 Å². The van der Waals surface area contributed by atoms with Gasteiger partial charge in [-0.25, -0.2) is 4.99 Å². The number of aliphatic imine (C=N–C) groups is 1. The van der Waals surface area contributed by atoms with Crippen LogP contribution in [0.4, 0.5) is 5.69 Å². The highest BCUT2D eigenvalue weighted by Crippen LogP contribution is 2.30. The maximum atomic E-state index is 13.4. The van der Waals surface area contributed by atoms with E-state index >= 15 is 0 Å². The van der Waals surface area contributed by atoms with E-state index < -0.39 is 6.17 Å². The molecular formula is C24H28ClN5OS. The van der Waals surface area contributed by atoms with Crippen LogP contribution in [-0.2, 0) is 4.79 Å². The first-order valence-electron chi connectivity index (χ1n) is 10.8. The van der Waals surface area contributed by atoms with Crippen molar-refractivity contribution in [2.75, 3.05) is 39.1 Å². The Balaban J connectivity index is 1.67. The Hall–Kier alpha value is -2.48. The van der Waals surface area contributed by atoms with Crippen LogP contribution >= 0.6 is 23.8 Å². The number of hydrogen-bond acceptors (Lipinski definition) is 4. The van der Waals surface area contributed by atoms with Crippen LogP contribution in [0.25, 0.3) is 0 Å². The Morgan fingerprint density at radius 3 is 2.53 bits per heavy atom. The predicted octanol–water partition coefficient (Wildman–Crippen LogP) is 3.38. The molecule has 2 aliphatic rings. The van der Waals surface area contributed by atoms with Gasteiger partial charge in [-0.05, 0) is 63.4 Å². The number of likely N-dealkylation sites (tertiary alicyclic amines) is 1. The maximum Gasteiger partial charge on any atom is 0.272 e. The van der Waals surface area contributed by atoms with E-state index in [1.165, 1.54) is 0 Å².